The van der Waals surface area contributed by atoms with Crippen LogP contribution in [0.5, 0.6) is 0 Å². The van der Waals surface area contributed by atoms with Crippen molar-refractivity contribution in [1.82, 2.24) is 19.7 Å². The standard InChI is InChI=1S/C15H20N4OS/c1-3-18-10-16-17-14(18)12-4-7-19(8-5-12)15(20)13-11(2)6-9-21-13/h6,9-10,12H,3-5,7-8H2,1-2H3. The lowest BCUT2D eigenvalue weighted by molar-refractivity contribution is 0.0714. The average Bonchev–Trinajstić information content (AvgIpc) is 3.15. The Hall–Kier alpha value is -1.69. The molecule has 1 aliphatic rings. The van der Waals surface area contributed by atoms with Gasteiger partial charge in [-0.05, 0) is 43.7 Å². The van der Waals surface area contributed by atoms with E-state index in [0.29, 0.717) is 5.92 Å². The zero-order valence-corrected chi connectivity index (χ0v) is 13.3. The number of carbonyl (C=O) groups excluding carboxylic acids is 1. The summed E-state index contributed by atoms with van der Waals surface area (Å²) in [7, 11) is 0. The van der Waals surface area contributed by atoms with Crippen LogP contribution in [0.1, 0.15) is 46.7 Å². The van der Waals surface area contributed by atoms with Crippen LogP contribution in [0.25, 0.3) is 0 Å². The highest BCUT2D eigenvalue weighted by molar-refractivity contribution is 7.12. The number of rotatable bonds is 3. The lowest BCUT2D eigenvalue weighted by Crippen LogP contribution is -2.38. The Morgan fingerprint density at radius 3 is 2.81 bits per heavy atom. The zero-order valence-electron chi connectivity index (χ0n) is 12.5. The van der Waals surface area contributed by atoms with E-state index in [2.05, 4.69) is 21.7 Å². The van der Waals surface area contributed by atoms with Gasteiger partial charge in [-0.25, -0.2) is 0 Å². The van der Waals surface area contributed by atoms with Crippen molar-refractivity contribution in [2.45, 2.75) is 39.2 Å². The van der Waals surface area contributed by atoms with Gasteiger partial charge in [0.2, 0.25) is 0 Å². The zero-order chi connectivity index (χ0) is 14.8. The topological polar surface area (TPSA) is 51.0 Å². The summed E-state index contributed by atoms with van der Waals surface area (Å²) in [4.78, 5) is 15.4. The number of aryl methyl sites for hydroxylation is 2. The summed E-state index contributed by atoms with van der Waals surface area (Å²) in [5.74, 6) is 1.66. The monoisotopic (exact) mass is 304 g/mol. The van der Waals surface area contributed by atoms with Crippen LogP contribution < -0.4 is 0 Å². The molecule has 0 radical (unpaired) electrons. The van der Waals surface area contributed by atoms with Crippen molar-refractivity contribution in [3.63, 3.8) is 0 Å². The summed E-state index contributed by atoms with van der Waals surface area (Å²) in [5, 5.41) is 10.2. The molecule has 2 aromatic rings. The van der Waals surface area contributed by atoms with Gasteiger partial charge in [0.05, 0.1) is 4.88 Å². The number of hydrogen-bond acceptors (Lipinski definition) is 4. The molecule has 3 heterocycles. The molecule has 0 unspecified atom stereocenters. The number of likely N-dealkylation sites (tertiary alicyclic amines) is 1. The molecule has 0 bridgehead atoms. The molecule has 5 nitrogen and oxygen atoms in total. The first-order valence-corrected chi connectivity index (χ1v) is 8.29. The van der Waals surface area contributed by atoms with E-state index < -0.39 is 0 Å². The van der Waals surface area contributed by atoms with Crippen LogP contribution in [-0.2, 0) is 6.54 Å². The maximum absolute atomic E-state index is 12.5. The number of aromatic nitrogens is 3. The van der Waals surface area contributed by atoms with E-state index in [1.807, 2.05) is 23.3 Å². The van der Waals surface area contributed by atoms with Crippen LogP contribution in [0.3, 0.4) is 0 Å². The number of nitrogens with zero attached hydrogens (tertiary/aromatic N) is 4. The fraction of sp³-hybridized carbons (Fsp3) is 0.533. The molecule has 0 aromatic carbocycles. The second-order valence-electron chi connectivity index (χ2n) is 5.47. The van der Waals surface area contributed by atoms with Gasteiger partial charge < -0.3 is 9.47 Å². The Morgan fingerprint density at radius 2 is 2.19 bits per heavy atom. The average molecular weight is 304 g/mol. The van der Waals surface area contributed by atoms with Crippen molar-refractivity contribution in [3.8, 4) is 0 Å². The molecule has 6 heteroatoms. The third kappa shape index (κ3) is 2.72. The van der Waals surface area contributed by atoms with Crippen molar-refractivity contribution in [2.24, 2.45) is 0 Å². The van der Waals surface area contributed by atoms with Crippen LogP contribution >= 0.6 is 11.3 Å². The van der Waals surface area contributed by atoms with Gasteiger partial charge in [0.15, 0.2) is 0 Å². The first-order chi connectivity index (χ1) is 10.2. The van der Waals surface area contributed by atoms with Gasteiger partial charge in [0.1, 0.15) is 12.2 Å². The number of thiophene rings is 1. The van der Waals surface area contributed by atoms with Crippen molar-refractivity contribution >= 4 is 17.2 Å². The number of carbonyl (C=O) groups is 1. The Kier molecular flexibility index (Phi) is 4.05. The summed E-state index contributed by atoms with van der Waals surface area (Å²) >= 11 is 1.54. The van der Waals surface area contributed by atoms with Gasteiger partial charge in [0.25, 0.3) is 5.91 Å². The number of amides is 1. The third-order valence-corrected chi connectivity index (χ3v) is 5.19. The lowest BCUT2D eigenvalue weighted by Gasteiger charge is -2.31. The molecule has 0 spiro atoms. The van der Waals surface area contributed by atoms with E-state index in [9.17, 15) is 4.79 Å². The van der Waals surface area contributed by atoms with Crippen molar-refractivity contribution in [3.05, 3.63) is 34.0 Å². The largest absolute Gasteiger partial charge is 0.338 e. The first kappa shape index (κ1) is 14.3. The second-order valence-corrected chi connectivity index (χ2v) is 6.39. The van der Waals surface area contributed by atoms with Crippen LogP contribution in [0.15, 0.2) is 17.8 Å². The molecule has 0 saturated carbocycles. The predicted octanol–water partition coefficient (Wildman–Crippen LogP) is 2.69. The van der Waals surface area contributed by atoms with Gasteiger partial charge in [0, 0.05) is 25.6 Å². The Balaban J connectivity index is 1.66. The second kappa shape index (κ2) is 5.97. The highest BCUT2D eigenvalue weighted by Crippen LogP contribution is 2.28. The van der Waals surface area contributed by atoms with E-state index in [4.69, 9.17) is 0 Å². The molecule has 0 atom stereocenters. The van der Waals surface area contributed by atoms with E-state index in [-0.39, 0.29) is 5.91 Å². The molecule has 0 N–H and O–H groups in total. The van der Waals surface area contributed by atoms with Crippen LogP contribution in [0, 0.1) is 6.92 Å². The van der Waals surface area contributed by atoms with E-state index in [0.717, 1.165) is 48.7 Å². The van der Waals surface area contributed by atoms with Gasteiger partial charge in [-0.3, -0.25) is 4.79 Å². The third-order valence-electron chi connectivity index (χ3n) is 4.19. The Labute approximate surface area is 128 Å². The first-order valence-electron chi connectivity index (χ1n) is 7.41. The summed E-state index contributed by atoms with van der Waals surface area (Å²) in [6.45, 7) is 6.61. The fourth-order valence-corrected chi connectivity index (χ4v) is 3.79. The Morgan fingerprint density at radius 1 is 1.43 bits per heavy atom. The molecule has 2 aromatic heterocycles. The number of piperidine rings is 1. The summed E-state index contributed by atoms with van der Waals surface area (Å²) < 4.78 is 2.10. The number of hydrogen-bond donors (Lipinski definition) is 0. The normalized spacial score (nSPS) is 16.4. The molecule has 21 heavy (non-hydrogen) atoms. The summed E-state index contributed by atoms with van der Waals surface area (Å²) in [6.07, 6.45) is 3.73. The lowest BCUT2D eigenvalue weighted by atomic mass is 9.95. The van der Waals surface area contributed by atoms with E-state index in [1.165, 1.54) is 11.3 Å². The molecular formula is C15H20N4OS. The maximum Gasteiger partial charge on any atom is 0.264 e. The van der Waals surface area contributed by atoms with Crippen LogP contribution in [-0.4, -0.2) is 38.7 Å². The molecule has 1 amide bonds. The van der Waals surface area contributed by atoms with E-state index >= 15 is 0 Å². The summed E-state index contributed by atoms with van der Waals surface area (Å²) in [6, 6.07) is 2.01. The molecule has 1 saturated heterocycles. The van der Waals surface area contributed by atoms with Gasteiger partial charge in [-0.15, -0.1) is 21.5 Å². The highest BCUT2D eigenvalue weighted by Gasteiger charge is 2.28. The molecule has 1 fully saturated rings. The van der Waals surface area contributed by atoms with Crippen LogP contribution in [0.4, 0.5) is 0 Å². The quantitative estimate of drug-likeness (QED) is 0.876. The molecule has 1 aliphatic heterocycles. The SMILES string of the molecule is CCn1cnnc1C1CCN(C(=O)c2sccc2C)CC1. The van der Waals surface area contributed by atoms with E-state index in [1.54, 1.807) is 6.33 Å². The minimum absolute atomic E-state index is 0.179. The van der Waals surface area contributed by atoms with Crippen molar-refractivity contribution in [2.75, 3.05) is 13.1 Å². The fourth-order valence-electron chi connectivity index (χ4n) is 2.90. The minimum atomic E-state index is 0.179. The van der Waals surface area contributed by atoms with Crippen LogP contribution in [0.2, 0.25) is 0 Å². The molecule has 0 aliphatic carbocycles. The smallest absolute Gasteiger partial charge is 0.264 e. The minimum Gasteiger partial charge on any atom is -0.338 e. The maximum atomic E-state index is 12.5. The molecule has 112 valence electrons. The summed E-state index contributed by atoms with van der Waals surface area (Å²) in [5.41, 5.74) is 1.08. The molecular weight excluding hydrogens is 284 g/mol. The predicted molar refractivity (Wildman–Crippen MR) is 82.6 cm³/mol. The van der Waals surface area contributed by atoms with Crippen molar-refractivity contribution in [1.29, 1.82) is 0 Å². The highest BCUT2D eigenvalue weighted by atomic mass is 32.1. The Bertz CT molecular complexity index is 625. The molecule has 3 rings (SSSR count). The van der Waals surface area contributed by atoms with Gasteiger partial charge in [-0.1, -0.05) is 0 Å². The van der Waals surface area contributed by atoms with Crippen molar-refractivity contribution < 1.29 is 4.79 Å². The van der Waals surface area contributed by atoms with Gasteiger partial charge in [-0.2, -0.15) is 0 Å². The van der Waals surface area contributed by atoms with Gasteiger partial charge >= 0.3 is 0 Å².